The van der Waals surface area contributed by atoms with E-state index >= 15 is 0 Å². The lowest BCUT2D eigenvalue weighted by Gasteiger charge is -2.34. The molecule has 2 amide bonds. The third-order valence-electron chi connectivity index (χ3n) is 3.63. The fourth-order valence-corrected chi connectivity index (χ4v) is 2.69. The Morgan fingerprint density at radius 3 is 2.74 bits per heavy atom. The number of carbonyl (C=O) groups excluding carboxylic acids is 2. The number of ether oxygens (including phenoxy) is 1. The van der Waals surface area contributed by atoms with Crippen LogP contribution in [0, 0.1) is 0 Å². The Balaban J connectivity index is 1.99. The third kappa shape index (κ3) is 3.00. The van der Waals surface area contributed by atoms with E-state index in [9.17, 15) is 9.59 Å². The summed E-state index contributed by atoms with van der Waals surface area (Å²) in [5.74, 6) is 0.00304. The number of carbonyl (C=O) groups is 2. The highest BCUT2D eigenvalue weighted by molar-refractivity contribution is 6.31. The van der Waals surface area contributed by atoms with Gasteiger partial charge in [0.05, 0.1) is 12.2 Å². The van der Waals surface area contributed by atoms with E-state index in [1.54, 1.807) is 47.4 Å². The van der Waals surface area contributed by atoms with Gasteiger partial charge in [0.2, 0.25) is 0 Å². The number of amides is 2. The van der Waals surface area contributed by atoms with Crippen molar-refractivity contribution in [3.05, 3.63) is 59.1 Å². The van der Waals surface area contributed by atoms with Crippen molar-refractivity contribution < 1.29 is 14.3 Å². The van der Waals surface area contributed by atoms with Crippen LogP contribution in [0.15, 0.2) is 48.5 Å². The van der Waals surface area contributed by atoms with Gasteiger partial charge in [0.25, 0.3) is 11.8 Å². The number of nitrogens with zero attached hydrogens (tertiary/aromatic N) is 1. The minimum Gasteiger partial charge on any atom is -0.477 e. The van der Waals surface area contributed by atoms with Crippen LogP contribution < -0.4 is 15.0 Å². The SMILES string of the molecule is CNC(=O)[C@H]1CN(C(=O)c2cccc(Cl)c2)c2ccccc2O1. The number of hydrogen-bond acceptors (Lipinski definition) is 3. The number of halogens is 1. The number of rotatable bonds is 2. The van der Waals surface area contributed by atoms with Crippen LogP contribution in [0.1, 0.15) is 10.4 Å². The van der Waals surface area contributed by atoms with Crippen LogP contribution in [0.3, 0.4) is 0 Å². The van der Waals surface area contributed by atoms with E-state index in [1.165, 1.54) is 7.05 Å². The summed E-state index contributed by atoms with van der Waals surface area (Å²) >= 11 is 5.97. The lowest BCUT2D eigenvalue weighted by atomic mass is 10.1. The van der Waals surface area contributed by atoms with Gasteiger partial charge in [-0.05, 0) is 30.3 Å². The van der Waals surface area contributed by atoms with Gasteiger partial charge in [0, 0.05) is 17.6 Å². The van der Waals surface area contributed by atoms with Gasteiger partial charge in [-0.15, -0.1) is 0 Å². The number of hydrogen-bond donors (Lipinski definition) is 1. The summed E-state index contributed by atoms with van der Waals surface area (Å²) in [7, 11) is 1.54. The monoisotopic (exact) mass is 330 g/mol. The van der Waals surface area contributed by atoms with Crippen LogP contribution in [-0.4, -0.2) is 31.5 Å². The molecular formula is C17H15ClN2O3. The molecule has 2 aromatic carbocycles. The molecule has 0 unspecified atom stereocenters. The maximum absolute atomic E-state index is 12.9. The van der Waals surface area contributed by atoms with Crippen LogP contribution in [0.5, 0.6) is 5.75 Å². The van der Waals surface area contributed by atoms with Gasteiger partial charge < -0.3 is 15.0 Å². The van der Waals surface area contributed by atoms with Gasteiger partial charge in [-0.1, -0.05) is 29.8 Å². The zero-order valence-electron chi connectivity index (χ0n) is 12.5. The van der Waals surface area contributed by atoms with E-state index in [2.05, 4.69) is 5.32 Å². The number of nitrogens with one attached hydrogen (secondary N) is 1. The van der Waals surface area contributed by atoms with E-state index in [-0.39, 0.29) is 18.4 Å². The van der Waals surface area contributed by atoms with E-state index in [0.29, 0.717) is 22.0 Å². The Bertz CT molecular complexity index is 763. The van der Waals surface area contributed by atoms with E-state index in [4.69, 9.17) is 16.3 Å². The van der Waals surface area contributed by atoms with E-state index in [1.807, 2.05) is 6.07 Å². The second-order valence-electron chi connectivity index (χ2n) is 5.11. The van der Waals surface area contributed by atoms with Crippen LogP contribution in [0.4, 0.5) is 5.69 Å². The normalized spacial score (nSPS) is 16.3. The quantitative estimate of drug-likeness (QED) is 0.920. The first kappa shape index (κ1) is 15.4. The smallest absolute Gasteiger partial charge is 0.262 e. The van der Waals surface area contributed by atoms with Gasteiger partial charge in [-0.25, -0.2) is 0 Å². The maximum atomic E-state index is 12.9. The Labute approximate surface area is 138 Å². The Kier molecular flexibility index (Phi) is 4.21. The van der Waals surface area contributed by atoms with Crippen molar-refractivity contribution in [2.75, 3.05) is 18.5 Å². The van der Waals surface area contributed by atoms with Crippen LogP contribution in [0.25, 0.3) is 0 Å². The molecular weight excluding hydrogens is 316 g/mol. The lowest BCUT2D eigenvalue weighted by Crippen LogP contribution is -2.50. The molecule has 0 radical (unpaired) electrons. The van der Waals surface area contributed by atoms with Gasteiger partial charge in [-0.3, -0.25) is 9.59 Å². The zero-order valence-corrected chi connectivity index (χ0v) is 13.2. The Morgan fingerprint density at radius 1 is 1.22 bits per heavy atom. The average molecular weight is 331 g/mol. The summed E-state index contributed by atoms with van der Waals surface area (Å²) in [6.45, 7) is 0.141. The molecule has 0 bridgehead atoms. The summed E-state index contributed by atoms with van der Waals surface area (Å²) in [5.41, 5.74) is 1.10. The first-order chi connectivity index (χ1) is 11.1. The Hall–Kier alpha value is -2.53. The molecule has 0 aromatic heterocycles. The minimum absolute atomic E-state index is 0.141. The van der Waals surface area contributed by atoms with Crippen molar-refractivity contribution in [2.24, 2.45) is 0 Å². The highest BCUT2D eigenvalue weighted by Gasteiger charge is 2.33. The fourth-order valence-electron chi connectivity index (χ4n) is 2.50. The molecule has 23 heavy (non-hydrogen) atoms. The zero-order chi connectivity index (χ0) is 16.4. The van der Waals surface area contributed by atoms with Crippen molar-refractivity contribution in [1.82, 2.24) is 5.32 Å². The van der Waals surface area contributed by atoms with Crippen molar-refractivity contribution in [2.45, 2.75) is 6.10 Å². The summed E-state index contributed by atoms with van der Waals surface area (Å²) in [6.07, 6.45) is -0.752. The van der Waals surface area contributed by atoms with Crippen LogP contribution in [-0.2, 0) is 4.79 Å². The first-order valence-electron chi connectivity index (χ1n) is 7.15. The molecule has 0 fully saturated rings. The van der Waals surface area contributed by atoms with Gasteiger partial charge in [0.15, 0.2) is 6.10 Å². The minimum atomic E-state index is -0.752. The van der Waals surface area contributed by atoms with Crippen molar-refractivity contribution in [3.8, 4) is 5.75 Å². The lowest BCUT2D eigenvalue weighted by molar-refractivity contribution is -0.127. The van der Waals surface area contributed by atoms with Crippen molar-refractivity contribution >= 4 is 29.1 Å². The first-order valence-corrected chi connectivity index (χ1v) is 7.52. The summed E-state index contributed by atoms with van der Waals surface area (Å²) < 4.78 is 5.69. The second-order valence-corrected chi connectivity index (χ2v) is 5.55. The van der Waals surface area contributed by atoms with Crippen molar-refractivity contribution in [3.63, 3.8) is 0 Å². The van der Waals surface area contributed by atoms with Crippen LogP contribution in [0.2, 0.25) is 5.02 Å². The summed E-state index contributed by atoms with van der Waals surface area (Å²) in [5, 5.41) is 3.04. The highest BCUT2D eigenvalue weighted by atomic mass is 35.5. The average Bonchev–Trinajstić information content (AvgIpc) is 2.59. The fraction of sp³-hybridized carbons (Fsp3) is 0.176. The number of likely N-dealkylation sites (N-methyl/N-ethyl adjacent to an activating group) is 1. The number of fused-ring (bicyclic) bond motifs is 1. The molecule has 1 aliphatic rings. The predicted molar refractivity (Wildman–Crippen MR) is 88.1 cm³/mol. The summed E-state index contributed by atoms with van der Waals surface area (Å²) in [6, 6.07) is 13.9. The molecule has 0 saturated heterocycles. The number of para-hydroxylation sites is 2. The molecule has 3 rings (SSSR count). The number of benzene rings is 2. The molecule has 6 heteroatoms. The molecule has 0 saturated carbocycles. The van der Waals surface area contributed by atoms with E-state index < -0.39 is 6.10 Å². The largest absolute Gasteiger partial charge is 0.477 e. The molecule has 1 heterocycles. The maximum Gasteiger partial charge on any atom is 0.262 e. The highest BCUT2D eigenvalue weighted by Crippen LogP contribution is 2.34. The molecule has 1 N–H and O–H groups in total. The van der Waals surface area contributed by atoms with Gasteiger partial charge >= 0.3 is 0 Å². The molecule has 118 valence electrons. The predicted octanol–water partition coefficient (Wildman–Crippen LogP) is 2.49. The third-order valence-corrected chi connectivity index (χ3v) is 3.86. The Morgan fingerprint density at radius 2 is 2.00 bits per heavy atom. The molecule has 0 spiro atoms. The summed E-state index contributed by atoms with van der Waals surface area (Å²) in [4.78, 5) is 26.3. The van der Waals surface area contributed by atoms with E-state index in [0.717, 1.165) is 0 Å². The number of anilines is 1. The van der Waals surface area contributed by atoms with Crippen LogP contribution >= 0.6 is 11.6 Å². The van der Waals surface area contributed by atoms with Gasteiger partial charge in [0.1, 0.15) is 5.75 Å². The molecule has 2 aromatic rings. The molecule has 1 atom stereocenters. The van der Waals surface area contributed by atoms with Gasteiger partial charge in [-0.2, -0.15) is 0 Å². The topological polar surface area (TPSA) is 58.6 Å². The second kappa shape index (κ2) is 6.30. The molecule has 5 nitrogen and oxygen atoms in total. The molecule has 0 aliphatic carbocycles. The molecule has 1 aliphatic heterocycles. The standard InChI is InChI=1S/C17H15ClN2O3/c1-19-16(21)15-10-20(13-7-2-3-8-14(13)23-15)17(22)11-5-4-6-12(18)9-11/h2-9,15H,10H2,1H3,(H,19,21)/t15-/m1/s1. The van der Waals surface area contributed by atoms with Crippen molar-refractivity contribution in [1.29, 1.82) is 0 Å².